The number of rotatable bonds is 7. The monoisotopic (exact) mass is 378 g/mol. The van der Waals surface area contributed by atoms with Crippen molar-refractivity contribution in [2.24, 2.45) is 5.92 Å². The molecule has 0 aliphatic carbocycles. The number of amides is 1. The maximum absolute atomic E-state index is 13.2. The van der Waals surface area contributed by atoms with Gasteiger partial charge in [-0.2, -0.15) is 0 Å². The van der Waals surface area contributed by atoms with Crippen LogP contribution < -0.4 is 0 Å². The molecule has 5 nitrogen and oxygen atoms in total. The number of hydrogen-bond acceptors (Lipinski definition) is 4. The highest BCUT2D eigenvalue weighted by atomic mass is 19.1. The minimum atomic E-state index is -0.274. The molecule has 0 unspecified atom stereocenters. The van der Waals surface area contributed by atoms with Gasteiger partial charge < -0.3 is 9.64 Å². The molecule has 1 saturated heterocycles. The first kappa shape index (κ1) is 21.4. The van der Waals surface area contributed by atoms with Gasteiger partial charge in [0.05, 0.1) is 7.11 Å². The first-order chi connectivity index (χ1) is 12.9. The fourth-order valence-electron chi connectivity index (χ4n) is 3.59. The van der Waals surface area contributed by atoms with Crippen LogP contribution in [0.3, 0.4) is 0 Å². The van der Waals surface area contributed by atoms with Crippen LogP contribution in [-0.4, -0.2) is 54.5 Å². The van der Waals surface area contributed by atoms with E-state index in [1.54, 1.807) is 0 Å². The van der Waals surface area contributed by atoms with Gasteiger partial charge >= 0.3 is 5.97 Å². The minimum absolute atomic E-state index is 0.105. The predicted octanol–water partition coefficient (Wildman–Crippen LogP) is 3.23. The van der Waals surface area contributed by atoms with Crippen molar-refractivity contribution in [1.82, 2.24) is 9.80 Å². The van der Waals surface area contributed by atoms with Gasteiger partial charge in [0.25, 0.3) is 0 Å². The van der Waals surface area contributed by atoms with Crippen molar-refractivity contribution in [2.75, 3.05) is 26.7 Å². The van der Waals surface area contributed by atoms with Crippen molar-refractivity contribution in [3.63, 3.8) is 0 Å². The summed E-state index contributed by atoms with van der Waals surface area (Å²) in [5, 5.41) is 0. The van der Waals surface area contributed by atoms with Gasteiger partial charge in [-0.1, -0.05) is 26.0 Å². The third kappa shape index (κ3) is 6.61. The lowest BCUT2D eigenvalue weighted by atomic mass is 10.0. The number of carbonyl (C=O) groups is 2. The van der Waals surface area contributed by atoms with Gasteiger partial charge in [0.2, 0.25) is 5.91 Å². The molecule has 1 amide bonds. The van der Waals surface area contributed by atoms with Crippen LogP contribution in [0.25, 0.3) is 0 Å². The molecule has 1 aliphatic heterocycles. The normalized spacial score (nSPS) is 18.4. The summed E-state index contributed by atoms with van der Waals surface area (Å²) < 4.78 is 17.8. The number of ether oxygens (including phenoxy) is 1. The van der Waals surface area contributed by atoms with E-state index in [1.807, 2.05) is 17.0 Å². The number of carbonyl (C=O) groups excluding carboxylic acids is 2. The van der Waals surface area contributed by atoms with Crippen LogP contribution in [0.2, 0.25) is 0 Å². The van der Waals surface area contributed by atoms with E-state index < -0.39 is 0 Å². The van der Waals surface area contributed by atoms with E-state index in [1.165, 1.54) is 19.2 Å². The van der Waals surface area contributed by atoms with Crippen LogP contribution in [0.1, 0.15) is 45.1 Å². The number of halogens is 1. The Morgan fingerprint density at radius 1 is 1.19 bits per heavy atom. The molecular formula is C21H31FN2O3. The predicted molar refractivity (Wildman–Crippen MR) is 103 cm³/mol. The summed E-state index contributed by atoms with van der Waals surface area (Å²) in [5.41, 5.74) is 1.08. The van der Waals surface area contributed by atoms with Crippen LogP contribution in [0.4, 0.5) is 4.39 Å². The molecule has 1 fully saturated rings. The summed E-state index contributed by atoms with van der Waals surface area (Å²) >= 11 is 0. The molecular weight excluding hydrogens is 347 g/mol. The zero-order valence-electron chi connectivity index (χ0n) is 16.6. The Morgan fingerprint density at radius 2 is 1.89 bits per heavy atom. The molecule has 1 atom stereocenters. The Kier molecular flexibility index (Phi) is 8.23. The minimum Gasteiger partial charge on any atom is -0.469 e. The number of nitrogens with zero attached hydrogens (tertiary/aromatic N) is 2. The molecule has 1 aromatic carbocycles. The Labute approximate surface area is 161 Å². The Hall–Kier alpha value is -1.95. The SMILES string of the molecule is COC(=O)CCCC(=O)N1CCCN(Cc2ccc(F)cc2)[C@H](C(C)C)C1. The van der Waals surface area contributed by atoms with Gasteiger partial charge in [0.15, 0.2) is 0 Å². The van der Waals surface area contributed by atoms with Crippen LogP contribution in [0.5, 0.6) is 0 Å². The molecule has 0 N–H and O–H groups in total. The molecule has 1 aliphatic rings. The molecule has 150 valence electrons. The fraction of sp³-hybridized carbons (Fsp3) is 0.619. The summed E-state index contributed by atoms with van der Waals surface area (Å²) in [4.78, 5) is 28.2. The Bertz CT molecular complexity index is 618. The average Bonchev–Trinajstić information content (AvgIpc) is 2.86. The molecule has 1 aromatic rings. The van der Waals surface area contributed by atoms with E-state index in [0.717, 1.165) is 31.6 Å². The van der Waals surface area contributed by atoms with Crippen LogP contribution in [0, 0.1) is 11.7 Å². The molecule has 6 heteroatoms. The van der Waals surface area contributed by atoms with Gasteiger partial charge in [-0.25, -0.2) is 4.39 Å². The molecule has 1 heterocycles. The van der Waals surface area contributed by atoms with Gasteiger partial charge in [-0.15, -0.1) is 0 Å². The lowest BCUT2D eigenvalue weighted by molar-refractivity contribution is -0.140. The third-order valence-electron chi connectivity index (χ3n) is 5.17. The summed E-state index contributed by atoms with van der Waals surface area (Å²) in [7, 11) is 1.36. The van der Waals surface area contributed by atoms with Crippen LogP contribution >= 0.6 is 0 Å². The van der Waals surface area contributed by atoms with Crippen molar-refractivity contribution >= 4 is 11.9 Å². The first-order valence-electron chi connectivity index (χ1n) is 9.73. The number of hydrogen-bond donors (Lipinski definition) is 0. The van der Waals surface area contributed by atoms with E-state index in [-0.39, 0.29) is 30.2 Å². The quantitative estimate of drug-likeness (QED) is 0.684. The molecule has 0 radical (unpaired) electrons. The maximum Gasteiger partial charge on any atom is 0.305 e. The highest BCUT2D eigenvalue weighted by Gasteiger charge is 2.29. The van der Waals surface area contributed by atoms with E-state index >= 15 is 0 Å². The van der Waals surface area contributed by atoms with E-state index in [2.05, 4.69) is 23.5 Å². The van der Waals surface area contributed by atoms with Crippen molar-refractivity contribution in [2.45, 2.75) is 52.1 Å². The highest BCUT2D eigenvalue weighted by molar-refractivity contribution is 5.77. The van der Waals surface area contributed by atoms with Crippen LogP contribution in [0.15, 0.2) is 24.3 Å². The molecule has 27 heavy (non-hydrogen) atoms. The summed E-state index contributed by atoms with van der Waals surface area (Å²) in [6, 6.07) is 6.89. The lowest BCUT2D eigenvalue weighted by Crippen LogP contribution is -2.45. The maximum atomic E-state index is 13.2. The topological polar surface area (TPSA) is 49.9 Å². The van der Waals surface area contributed by atoms with Crippen LogP contribution in [-0.2, 0) is 20.9 Å². The second-order valence-electron chi connectivity index (χ2n) is 7.53. The second-order valence-corrected chi connectivity index (χ2v) is 7.53. The molecule has 2 rings (SSSR count). The second kappa shape index (κ2) is 10.4. The smallest absolute Gasteiger partial charge is 0.305 e. The van der Waals surface area contributed by atoms with E-state index in [0.29, 0.717) is 25.3 Å². The van der Waals surface area contributed by atoms with Gasteiger partial charge in [0.1, 0.15) is 5.82 Å². The molecule has 0 saturated carbocycles. The largest absolute Gasteiger partial charge is 0.469 e. The van der Waals surface area contributed by atoms with Crippen molar-refractivity contribution in [3.8, 4) is 0 Å². The molecule has 0 aromatic heterocycles. The van der Waals surface area contributed by atoms with Crippen molar-refractivity contribution in [1.29, 1.82) is 0 Å². The first-order valence-corrected chi connectivity index (χ1v) is 9.73. The van der Waals surface area contributed by atoms with E-state index in [4.69, 9.17) is 0 Å². The Morgan fingerprint density at radius 3 is 2.52 bits per heavy atom. The van der Waals surface area contributed by atoms with E-state index in [9.17, 15) is 14.0 Å². The zero-order valence-corrected chi connectivity index (χ0v) is 16.6. The number of benzene rings is 1. The van der Waals surface area contributed by atoms with Gasteiger partial charge in [-0.3, -0.25) is 14.5 Å². The molecule has 0 spiro atoms. The van der Waals surface area contributed by atoms with Gasteiger partial charge in [0, 0.05) is 45.1 Å². The lowest BCUT2D eigenvalue weighted by Gasteiger charge is -2.34. The third-order valence-corrected chi connectivity index (χ3v) is 5.17. The summed E-state index contributed by atoms with van der Waals surface area (Å²) in [6.45, 7) is 7.44. The zero-order chi connectivity index (χ0) is 19.8. The Balaban J connectivity index is 1.97. The van der Waals surface area contributed by atoms with Crippen molar-refractivity contribution in [3.05, 3.63) is 35.6 Å². The molecule has 0 bridgehead atoms. The van der Waals surface area contributed by atoms with Gasteiger partial charge in [-0.05, 0) is 36.5 Å². The van der Waals surface area contributed by atoms with Crippen molar-refractivity contribution < 1.29 is 18.7 Å². The fourth-order valence-corrected chi connectivity index (χ4v) is 3.59. The summed E-state index contributed by atoms with van der Waals surface area (Å²) in [5.74, 6) is 0.00468. The summed E-state index contributed by atoms with van der Waals surface area (Å²) in [6.07, 6.45) is 2.08. The highest BCUT2D eigenvalue weighted by Crippen LogP contribution is 2.21. The number of esters is 1. The number of methoxy groups -OCH3 is 1. The average molecular weight is 378 g/mol. The standard InChI is InChI=1S/C21H31FN2O3/c1-16(2)19-15-24(20(25)6-4-7-21(26)27-3)13-5-12-23(19)14-17-8-10-18(22)11-9-17/h8-11,16,19H,4-7,12-15H2,1-3H3/t19-/m0/s1.